The number of urea groups is 1. The maximum atomic E-state index is 12.1. The fraction of sp³-hybridized carbons (Fsp3) is 0.316. The van der Waals surface area contributed by atoms with E-state index in [1.54, 1.807) is 0 Å². The molecule has 0 saturated heterocycles. The number of carbonyl (C=O) groups excluding carboxylic acids is 1. The van der Waals surface area contributed by atoms with E-state index in [0.717, 1.165) is 17.7 Å². The van der Waals surface area contributed by atoms with Crippen molar-refractivity contribution in [2.45, 2.75) is 31.8 Å². The zero-order chi connectivity index (χ0) is 16.3. The van der Waals surface area contributed by atoms with Crippen LogP contribution in [-0.4, -0.2) is 23.3 Å². The number of hydrogen-bond donors (Lipinski definition) is 3. The molecule has 0 fully saturated rings. The van der Waals surface area contributed by atoms with E-state index in [4.69, 9.17) is 0 Å². The van der Waals surface area contributed by atoms with Gasteiger partial charge >= 0.3 is 6.03 Å². The van der Waals surface area contributed by atoms with E-state index in [-0.39, 0.29) is 12.6 Å². The molecule has 120 valence electrons. The van der Waals surface area contributed by atoms with E-state index in [2.05, 4.69) is 16.7 Å². The van der Waals surface area contributed by atoms with Gasteiger partial charge in [0.1, 0.15) is 0 Å². The van der Waals surface area contributed by atoms with Crippen LogP contribution < -0.4 is 10.6 Å². The molecule has 3 N–H and O–H groups in total. The Bertz CT molecular complexity index is 714. The number of aryl methyl sites for hydroxylation is 2. The average molecular weight is 310 g/mol. The standard InChI is InChI=1S/C19H22N2O2/c1-14-6-2-5-9-17(14)21-18(22)20-13-19(23)11-10-15-7-3-4-8-16(15)12-19/h2-9,23H,10-13H2,1H3,(H2,20,21,22). The first-order valence-electron chi connectivity index (χ1n) is 7.95. The SMILES string of the molecule is Cc1ccccc1NC(=O)NCC1(O)CCc2ccccc2C1. The van der Waals surface area contributed by atoms with Gasteiger partial charge in [-0.05, 0) is 42.5 Å². The fourth-order valence-corrected chi connectivity index (χ4v) is 3.06. The van der Waals surface area contributed by atoms with Crippen molar-refractivity contribution in [1.29, 1.82) is 0 Å². The first-order valence-corrected chi connectivity index (χ1v) is 7.95. The zero-order valence-corrected chi connectivity index (χ0v) is 13.3. The van der Waals surface area contributed by atoms with E-state index in [1.807, 2.05) is 49.4 Å². The zero-order valence-electron chi connectivity index (χ0n) is 13.3. The number of benzene rings is 2. The monoisotopic (exact) mass is 310 g/mol. The predicted octanol–water partition coefficient (Wildman–Crippen LogP) is 3.04. The van der Waals surface area contributed by atoms with E-state index in [0.29, 0.717) is 12.8 Å². The highest BCUT2D eigenvalue weighted by Gasteiger charge is 2.32. The maximum absolute atomic E-state index is 12.1. The van der Waals surface area contributed by atoms with Crippen molar-refractivity contribution in [3.63, 3.8) is 0 Å². The molecule has 0 aromatic heterocycles. The minimum absolute atomic E-state index is 0.249. The summed E-state index contributed by atoms with van der Waals surface area (Å²) < 4.78 is 0. The summed E-state index contributed by atoms with van der Waals surface area (Å²) in [6, 6.07) is 15.5. The summed E-state index contributed by atoms with van der Waals surface area (Å²) in [4.78, 5) is 12.1. The molecular formula is C19H22N2O2. The lowest BCUT2D eigenvalue weighted by Crippen LogP contribution is -2.47. The summed E-state index contributed by atoms with van der Waals surface area (Å²) in [5.74, 6) is 0. The summed E-state index contributed by atoms with van der Waals surface area (Å²) in [5.41, 5.74) is 3.38. The third-order valence-corrected chi connectivity index (χ3v) is 4.47. The molecule has 1 atom stereocenters. The first-order chi connectivity index (χ1) is 11.1. The van der Waals surface area contributed by atoms with E-state index < -0.39 is 5.60 Å². The predicted molar refractivity (Wildman–Crippen MR) is 91.6 cm³/mol. The number of amides is 2. The fourth-order valence-electron chi connectivity index (χ4n) is 3.06. The van der Waals surface area contributed by atoms with Crippen molar-refractivity contribution in [1.82, 2.24) is 5.32 Å². The Morgan fingerprint density at radius 2 is 1.83 bits per heavy atom. The van der Waals surface area contributed by atoms with Gasteiger partial charge in [-0.15, -0.1) is 0 Å². The Morgan fingerprint density at radius 1 is 1.13 bits per heavy atom. The van der Waals surface area contributed by atoms with E-state index >= 15 is 0 Å². The molecule has 0 heterocycles. The van der Waals surface area contributed by atoms with Crippen LogP contribution in [0.4, 0.5) is 10.5 Å². The second kappa shape index (κ2) is 6.42. The molecule has 4 heteroatoms. The molecule has 2 aromatic carbocycles. The molecule has 0 bridgehead atoms. The number of aliphatic hydroxyl groups is 1. The van der Waals surface area contributed by atoms with Crippen molar-refractivity contribution < 1.29 is 9.90 Å². The molecule has 0 spiro atoms. The molecule has 0 saturated carbocycles. The Morgan fingerprint density at radius 3 is 2.61 bits per heavy atom. The molecule has 4 nitrogen and oxygen atoms in total. The third-order valence-electron chi connectivity index (χ3n) is 4.47. The van der Waals surface area contributed by atoms with Crippen molar-refractivity contribution >= 4 is 11.7 Å². The number of fused-ring (bicyclic) bond motifs is 1. The lowest BCUT2D eigenvalue weighted by molar-refractivity contribution is 0.0295. The number of hydrogen-bond acceptors (Lipinski definition) is 2. The van der Waals surface area contributed by atoms with Gasteiger partial charge < -0.3 is 15.7 Å². The number of nitrogens with one attached hydrogen (secondary N) is 2. The Kier molecular flexibility index (Phi) is 4.35. The van der Waals surface area contributed by atoms with Gasteiger partial charge in [-0.3, -0.25) is 0 Å². The van der Waals surface area contributed by atoms with Crippen molar-refractivity contribution in [2.24, 2.45) is 0 Å². The Balaban J connectivity index is 1.58. The normalized spacial score (nSPS) is 19.7. The lowest BCUT2D eigenvalue weighted by atomic mass is 9.80. The van der Waals surface area contributed by atoms with Crippen LogP contribution in [0.25, 0.3) is 0 Å². The molecule has 2 amide bonds. The highest BCUT2D eigenvalue weighted by atomic mass is 16.3. The summed E-state index contributed by atoms with van der Waals surface area (Å²) >= 11 is 0. The molecule has 3 rings (SSSR count). The van der Waals surface area contributed by atoms with Crippen LogP contribution in [0.3, 0.4) is 0 Å². The quantitative estimate of drug-likeness (QED) is 0.816. The van der Waals surface area contributed by atoms with E-state index in [9.17, 15) is 9.90 Å². The molecular weight excluding hydrogens is 288 g/mol. The smallest absolute Gasteiger partial charge is 0.319 e. The van der Waals surface area contributed by atoms with Gasteiger partial charge in [-0.25, -0.2) is 4.79 Å². The Labute approximate surface area is 136 Å². The van der Waals surface area contributed by atoms with E-state index in [1.165, 1.54) is 11.1 Å². The summed E-state index contributed by atoms with van der Waals surface area (Å²) in [6.45, 7) is 2.19. The molecule has 0 radical (unpaired) electrons. The number of rotatable bonds is 3. The summed E-state index contributed by atoms with van der Waals surface area (Å²) in [5, 5.41) is 16.4. The Hall–Kier alpha value is -2.33. The van der Waals surface area contributed by atoms with Crippen LogP contribution in [-0.2, 0) is 12.8 Å². The topological polar surface area (TPSA) is 61.4 Å². The summed E-state index contributed by atoms with van der Waals surface area (Å²) in [7, 11) is 0. The molecule has 23 heavy (non-hydrogen) atoms. The van der Waals surface area contributed by atoms with Gasteiger partial charge in [0.25, 0.3) is 0 Å². The minimum Gasteiger partial charge on any atom is -0.388 e. The molecule has 1 aliphatic rings. The van der Waals surface area contributed by atoms with Crippen LogP contribution in [0.15, 0.2) is 48.5 Å². The highest BCUT2D eigenvalue weighted by Crippen LogP contribution is 2.28. The first kappa shape index (κ1) is 15.6. The van der Waals surface area contributed by atoms with Gasteiger partial charge in [0, 0.05) is 18.7 Å². The van der Waals surface area contributed by atoms with Crippen molar-refractivity contribution in [2.75, 3.05) is 11.9 Å². The van der Waals surface area contributed by atoms with Crippen LogP contribution in [0, 0.1) is 6.92 Å². The van der Waals surface area contributed by atoms with Gasteiger partial charge in [-0.2, -0.15) is 0 Å². The second-order valence-corrected chi connectivity index (χ2v) is 6.29. The van der Waals surface area contributed by atoms with Crippen LogP contribution in [0.1, 0.15) is 23.1 Å². The van der Waals surface area contributed by atoms with Crippen LogP contribution >= 0.6 is 0 Å². The van der Waals surface area contributed by atoms with Crippen molar-refractivity contribution in [3.8, 4) is 0 Å². The molecule has 0 aliphatic heterocycles. The third kappa shape index (κ3) is 3.71. The van der Waals surface area contributed by atoms with Gasteiger partial charge in [0.2, 0.25) is 0 Å². The average Bonchev–Trinajstić information content (AvgIpc) is 2.55. The van der Waals surface area contributed by atoms with Crippen LogP contribution in [0.5, 0.6) is 0 Å². The van der Waals surface area contributed by atoms with Gasteiger partial charge in [0.05, 0.1) is 5.60 Å². The lowest BCUT2D eigenvalue weighted by Gasteiger charge is -2.33. The maximum Gasteiger partial charge on any atom is 0.319 e. The van der Waals surface area contributed by atoms with Gasteiger partial charge in [0.15, 0.2) is 0 Å². The van der Waals surface area contributed by atoms with Gasteiger partial charge in [-0.1, -0.05) is 42.5 Å². The highest BCUT2D eigenvalue weighted by molar-refractivity contribution is 5.90. The molecule has 2 aromatic rings. The number of carbonyl (C=O) groups is 1. The minimum atomic E-state index is -0.878. The molecule has 1 unspecified atom stereocenters. The number of anilines is 1. The molecule has 1 aliphatic carbocycles. The second-order valence-electron chi connectivity index (χ2n) is 6.29. The summed E-state index contributed by atoms with van der Waals surface area (Å²) in [6.07, 6.45) is 2.08. The number of para-hydroxylation sites is 1. The van der Waals surface area contributed by atoms with Crippen LogP contribution in [0.2, 0.25) is 0 Å². The largest absolute Gasteiger partial charge is 0.388 e. The van der Waals surface area contributed by atoms with Crippen molar-refractivity contribution in [3.05, 3.63) is 65.2 Å².